The van der Waals surface area contributed by atoms with Crippen LogP contribution in [0.25, 0.3) is 0 Å². The first kappa shape index (κ1) is 13.0. The molecule has 0 fully saturated rings. The number of hydrogen-bond donors (Lipinski definition) is 1. The van der Waals surface area contributed by atoms with Crippen LogP contribution in [-0.2, 0) is 0 Å². The summed E-state index contributed by atoms with van der Waals surface area (Å²) >= 11 is 0. The van der Waals surface area contributed by atoms with Crippen molar-refractivity contribution in [3.05, 3.63) is 23.9 Å². The van der Waals surface area contributed by atoms with E-state index in [9.17, 15) is 0 Å². The lowest BCUT2D eigenvalue weighted by atomic mass is 10.0. The van der Waals surface area contributed by atoms with Crippen molar-refractivity contribution in [2.45, 2.75) is 39.8 Å². The van der Waals surface area contributed by atoms with Gasteiger partial charge < -0.3 is 10.6 Å². The van der Waals surface area contributed by atoms with Crippen LogP contribution in [-0.4, -0.2) is 18.1 Å². The summed E-state index contributed by atoms with van der Waals surface area (Å²) < 4.78 is 0. The van der Waals surface area contributed by atoms with Crippen LogP contribution in [0.15, 0.2) is 18.3 Å². The highest BCUT2D eigenvalue weighted by Gasteiger charge is 2.15. The summed E-state index contributed by atoms with van der Waals surface area (Å²) in [5.74, 6) is 1.60. The van der Waals surface area contributed by atoms with Gasteiger partial charge in [-0.2, -0.15) is 0 Å². The highest BCUT2D eigenvalue weighted by molar-refractivity contribution is 5.41. The van der Waals surface area contributed by atoms with E-state index in [1.165, 1.54) is 0 Å². The van der Waals surface area contributed by atoms with E-state index in [1.807, 2.05) is 19.2 Å². The van der Waals surface area contributed by atoms with Gasteiger partial charge in [-0.25, -0.2) is 4.98 Å². The predicted molar refractivity (Wildman–Crippen MR) is 69.5 cm³/mol. The minimum absolute atomic E-state index is 0.0597. The zero-order valence-corrected chi connectivity index (χ0v) is 10.9. The molecule has 16 heavy (non-hydrogen) atoms. The fraction of sp³-hybridized carbons (Fsp3) is 0.615. The third kappa shape index (κ3) is 2.95. The summed E-state index contributed by atoms with van der Waals surface area (Å²) in [4.78, 5) is 6.60. The van der Waals surface area contributed by atoms with Crippen LogP contribution >= 0.6 is 0 Å². The lowest BCUT2D eigenvalue weighted by Crippen LogP contribution is -2.33. The Morgan fingerprint density at radius 3 is 2.38 bits per heavy atom. The Balaban J connectivity index is 2.91. The molecule has 3 heteroatoms. The van der Waals surface area contributed by atoms with Gasteiger partial charge in [0.05, 0.1) is 0 Å². The second kappa shape index (κ2) is 5.30. The first-order valence-electron chi connectivity index (χ1n) is 5.87. The van der Waals surface area contributed by atoms with Crippen molar-refractivity contribution in [2.24, 2.45) is 11.7 Å². The molecule has 0 bridgehead atoms. The highest BCUT2D eigenvalue weighted by atomic mass is 15.2. The van der Waals surface area contributed by atoms with Gasteiger partial charge in [-0.05, 0) is 37.5 Å². The minimum atomic E-state index is 0.0597. The second-order valence-electron chi connectivity index (χ2n) is 4.83. The van der Waals surface area contributed by atoms with Crippen LogP contribution in [0.2, 0.25) is 0 Å². The summed E-state index contributed by atoms with van der Waals surface area (Å²) in [6, 6.07) is 4.58. The number of rotatable bonds is 4. The second-order valence-corrected chi connectivity index (χ2v) is 4.83. The normalized spacial score (nSPS) is 14.9. The topological polar surface area (TPSA) is 42.1 Å². The summed E-state index contributed by atoms with van der Waals surface area (Å²) in [6.07, 6.45) is 1.83. The quantitative estimate of drug-likeness (QED) is 0.849. The summed E-state index contributed by atoms with van der Waals surface area (Å²) in [5.41, 5.74) is 7.00. The Morgan fingerprint density at radius 1 is 1.25 bits per heavy atom. The molecule has 0 radical (unpaired) electrons. The minimum Gasteiger partial charge on any atom is -0.357 e. The Hall–Kier alpha value is -1.09. The molecule has 2 atom stereocenters. The van der Waals surface area contributed by atoms with E-state index >= 15 is 0 Å². The Labute approximate surface area is 98.7 Å². The van der Waals surface area contributed by atoms with Crippen molar-refractivity contribution in [2.75, 3.05) is 11.9 Å². The van der Waals surface area contributed by atoms with Crippen LogP contribution in [0, 0.1) is 5.92 Å². The molecule has 1 rings (SSSR count). The molecular formula is C13H23N3. The number of pyridine rings is 1. The van der Waals surface area contributed by atoms with Crippen LogP contribution in [0.5, 0.6) is 0 Å². The molecule has 2 N–H and O–H groups in total. The molecule has 0 aliphatic rings. The van der Waals surface area contributed by atoms with Gasteiger partial charge in [-0.1, -0.05) is 13.8 Å². The maximum atomic E-state index is 5.87. The first-order chi connectivity index (χ1) is 7.43. The van der Waals surface area contributed by atoms with E-state index < -0.39 is 0 Å². The van der Waals surface area contributed by atoms with E-state index in [0.29, 0.717) is 12.0 Å². The smallest absolute Gasteiger partial charge is 0.128 e. The Morgan fingerprint density at radius 2 is 1.88 bits per heavy atom. The summed E-state index contributed by atoms with van der Waals surface area (Å²) in [6.45, 7) is 8.64. The fourth-order valence-electron chi connectivity index (χ4n) is 1.57. The number of aromatic nitrogens is 1. The van der Waals surface area contributed by atoms with Crippen molar-refractivity contribution < 1.29 is 0 Å². The Kier molecular flexibility index (Phi) is 4.30. The lowest BCUT2D eigenvalue weighted by Gasteiger charge is -2.29. The number of nitrogens with zero attached hydrogens (tertiary/aromatic N) is 2. The average Bonchev–Trinajstić information content (AvgIpc) is 2.27. The molecule has 0 amide bonds. The summed E-state index contributed by atoms with van der Waals surface area (Å²) in [7, 11) is 2.08. The number of nitrogens with two attached hydrogens (primary N) is 1. The number of anilines is 1. The predicted octanol–water partition coefficient (Wildman–Crippen LogP) is 2.58. The van der Waals surface area contributed by atoms with Gasteiger partial charge in [0.25, 0.3) is 0 Å². The van der Waals surface area contributed by atoms with Crippen molar-refractivity contribution in [1.29, 1.82) is 0 Å². The monoisotopic (exact) mass is 221 g/mol. The third-order valence-electron chi connectivity index (χ3n) is 3.23. The number of hydrogen-bond acceptors (Lipinski definition) is 3. The van der Waals surface area contributed by atoms with Crippen LogP contribution in [0.1, 0.15) is 39.3 Å². The molecule has 0 saturated carbocycles. The largest absolute Gasteiger partial charge is 0.357 e. The van der Waals surface area contributed by atoms with Gasteiger partial charge in [0, 0.05) is 25.3 Å². The zero-order chi connectivity index (χ0) is 12.3. The maximum Gasteiger partial charge on any atom is 0.128 e. The third-order valence-corrected chi connectivity index (χ3v) is 3.23. The van der Waals surface area contributed by atoms with Crippen LogP contribution < -0.4 is 10.6 Å². The molecule has 3 nitrogen and oxygen atoms in total. The van der Waals surface area contributed by atoms with Crippen LogP contribution in [0.4, 0.5) is 5.82 Å². The Bertz CT molecular complexity index is 334. The van der Waals surface area contributed by atoms with E-state index in [1.54, 1.807) is 0 Å². The van der Waals surface area contributed by atoms with Crippen molar-refractivity contribution in [3.63, 3.8) is 0 Å². The van der Waals surface area contributed by atoms with Gasteiger partial charge in [-0.15, -0.1) is 0 Å². The zero-order valence-electron chi connectivity index (χ0n) is 10.9. The molecule has 1 aromatic rings. The van der Waals surface area contributed by atoms with Crippen molar-refractivity contribution in [1.82, 2.24) is 4.98 Å². The van der Waals surface area contributed by atoms with Gasteiger partial charge >= 0.3 is 0 Å². The molecule has 1 heterocycles. The highest BCUT2D eigenvalue weighted by Crippen LogP contribution is 2.19. The van der Waals surface area contributed by atoms with Gasteiger partial charge in [0.15, 0.2) is 0 Å². The maximum absolute atomic E-state index is 5.87. The van der Waals surface area contributed by atoms with Gasteiger partial charge in [0.2, 0.25) is 0 Å². The SMILES string of the molecule is CC(N)c1ccnc(N(C)C(C)C(C)C)c1. The molecule has 0 spiro atoms. The summed E-state index contributed by atoms with van der Waals surface area (Å²) in [5, 5.41) is 0. The average molecular weight is 221 g/mol. The molecule has 0 aliphatic carbocycles. The van der Waals surface area contributed by atoms with Gasteiger partial charge in [0.1, 0.15) is 5.82 Å². The molecule has 2 unspecified atom stereocenters. The lowest BCUT2D eigenvalue weighted by molar-refractivity contribution is 0.502. The molecule has 90 valence electrons. The van der Waals surface area contributed by atoms with E-state index in [-0.39, 0.29) is 6.04 Å². The molecule has 0 aromatic carbocycles. The van der Waals surface area contributed by atoms with Gasteiger partial charge in [-0.3, -0.25) is 0 Å². The van der Waals surface area contributed by atoms with Crippen molar-refractivity contribution >= 4 is 5.82 Å². The standard InChI is InChI=1S/C13H23N3/c1-9(2)11(4)16(5)13-8-12(10(3)14)6-7-15-13/h6-11H,14H2,1-5H3. The van der Waals surface area contributed by atoms with Crippen molar-refractivity contribution in [3.8, 4) is 0 Å². The molecule has 0 aliphatic heterocycles. The molecule has 0 saturated heterocycles. The molecule has 1 aromatic heterocycles. The molecular weight excluding hydrogens is 198 g/mol. The van der Waals surface area contributed by atoms with E-state index in [4.69, 9.17) is 5.73 Å². The van der Waals surface area contributed by atoms with Crippen LogP contribution in [0.3, 0.4) is 0 Å². The van der Waals surface area contributed by atoms with E-state index in [0.717, 1.165) is 11.4 Å². The fourth-order valence-corrected chi connectivity index (χ4v) is 1.57. The first-order valence-corrected chi connectivity index (χ1v) is 5.87. The van der Waals surface area contributed by atoms with E-state index in [2.05, 4.69) is 43.8 Å².